The van der Waals surface area contributed by atoms with Crippen LogP contribution >= 0.6 is 0 Å². The zero-order chi connectivity index (χ0) is 11.6. The van der Waals surface area contributed by atoms with E-state index in [1.54, 1.807) is 0 Å². The van der Waals surface area contributed by atoms with E-state index in [0.717, 1.165) is 31.5 Å². The van der Waals surface area contributed by atoms with Crippen LogP contribution in [0.5, 0.6) is 0 Å². The molecule has 0 aromatic heterocycles. The van der Waals surface area contributed by atoms with E-state index in [4.69, 9.17) is 4.74 Å². The molecule has 1 saturated carbocycles. The van der Waals surface area contributed by atoms with Gasteiger partial charge in [0.15, 0.2) is 0 Å². The minimum Gasteiger partial charge on any atom is -0.375 e. The van der Waals surface area contributed by atoms with Crippen molar-refractivity contribution < 1.29 is 4.74 Å². The fraction of sp³-hybridized carbons (Fsp3) is 1.00. The first-order valence-corrected chi connectivity index (χ1v) is 6.89. The van der Waals surface area contributed by atoms with E-state index >= 15 is 0 Å². The minimum atomic E-state index is 0.495. The summed E-state index contributed by atoms with van der Waals surface area (Å²) in [6.07, 6.45) is 6.03. The summed E-state index contributed by atoms with van der Waals surface area (Å²) in [6.45, 7) is 10.2. The van der Waals surface area contributed by atoms with Crippen molar-refractivity contribution in [3.63, 3.8) is 0 Å². The highest BCUT2D eigenvalue weighted by Gasteiger charge is 2.33. The van der Waals surface area contributed by atoms with E-state index in [2.05, 4.69) is 26.1 Å². The van der Waals surface area contributed by atoms with Crippen LogP contribution in [0.25, 0.3) is 0 Å². The van der Waals surface area contributed by atoms with Gasteiger partial charge in [-0.25, -0.2) is 0 Å². The lowest BCUT2D eigenvalue weighted by molar-refractivity contribution is -0.0286. The average Bonchev–Trinajstić information content (AvgIpc) is 2.29. The van der Waals surface area contributed by atoms with Crippen LogP contribution in [-0.4, -0.2) is 25.8 Å². The molecule has 1 atom stereocenters. The summed E-state index contributed by atoms with van der Waals surface area (Å²) in [6, 6.07) is 0. The molecule has 0 aromatic rings. The number of hydrogen-bond acceptors (Lipinski definition) is 2. The molecule has 2 heteroatoms. The molecule has 1 unspecified atom stereocenters. The minimum absolute atomic E-state index is 0.495. The highest BCUT2D eigenvalue weighted by molar-refractivity contribution is 4.85. The monoisotopic (exact) mass is 225 g/mol. The molecule has 1 N–H and O–H groups in total. The highest BCUT2D eigenvalue weighted by atomic mass is 16.5. The lowest BCUT2D eigenvalue weighted by atomic mass is 9.69. The van der Waals surface area contributed by atoms with Gasteiger partial charge in [-0.2, -0.15) is 0 Å². The summed E-state index contributed by atoms with van der Waals surface area (Å²) in [4.78, 5) is 0. The van der Waals surface area contributed by atoms with Gasteiger partial charge in [0.2, 0.25) is 0 Å². The third kappa shape index (κ3) is 2.98. The molecule has 0 aromatic carbocycles. The van der Waals surface area contributed by atoms with Crippen LogP contribution in [0.2, 0.25) is 0 Å². The Morgan fingerprint density at radius 1 is 1.06 bits per heavy atom. The van der Waals surface area contributed by atoms with Crippen molar-refractivity contribution in [3.05, 3.63) is 0 Å². The largest absolute Gasteiger partial charge is 0.375 e. The maximum Gasteiger partial charge on any atom is 0.0728 e. The molecule has 16 heavy (non-hydrogen) atoms. The number of nitrogens with one attached hydrogen (secondary N) is 1. The third-order valence-electron chi connectivity index (χ3n) is 4.48. The Balaban J connectivity index is 1.80. The fourth-order valence-electron chi connectivity index (χ4n) is 3.25. The molecule has 2 rings (SSSR count). The first-order chi connectivity index (χ1) is 7.57. The van der Waals surface area contributed by atoms with E-state index in [1.807, 2.05) is 0 Å². The van der Waals surface area contributed by atoms with E-state index in [1.165, 1.54) is 25.7 Å². The molecule has 94 valence electrons. The molecule has 1 heterocycles. The van der Waals surface area contributed by atoms with Crippen LogP contribution < -0.4 is 5.32 Å². The molecular formula is C14H27NO. The molecule has 1 aliphatic carbocycles. The van der Waals surface area contributed by atoms with Gasteiger partial charge in [0.25, 0.3) is 0 Å². The van der Waals surface area contributed by atoms with Crippen molar-refractivity contribution in [2.24, 2.45) is 17.3 Å². The topological polar surface area (TPSA) is 21.3 Å². The SMILES string of the molecule is CC(C)(C)C1CCC(C2CNCCO2)CC1. The molecule has 2 fully saturated rings. The number of hydrogen-bond donors (Lipinski definition) is 1. The third-order valence-corrected chi connectivity index (χ3v) is 4.48. The van der Waals surface area contributed by atoms with Crippen LogP contribution in [0.15, 0.2) is 0 Å². The standard InChI is InChI=1S/C14H27NO/c1-14(2,3)12-6-4-11(5-7-12)13-10-15-8-9-16-13/h11-13,15H,4-10H2,1-3H3. The number of rotatable bonds is 1. The first-order valence-electron chi connectivity index (χ1n) is 6.89. The van der Waals surface area contributed by atoms with Crippen LogP contribution in [0, 0.1) is 17.3 Å². The Hall–Kier alpha value is -0.0800. The summed E-state index contributed by atoms with van der Waals surface area (Å²) in [7, 11) is 0. The second-order valence-electron chi connectivity index (χ2n) is 6.59. The number of morpholine rings is 1. The normalized spacial score (nSPS) is 37.3. The zero-order valence-corrected chi connectivity index (χ0v) is 11.1. The van der Waals surface area contributed by atoms with Gasteiger partial charge in [0.05, 0.1) is 12.7 Å². The number of ether oxygens (including phenoxy) is 1. The van der Waals surface area contributed by atoms with Crippen LogP contribution in [0.1, 0.15) is 46.5 Å². The molecule has 2 aliphatic rings. The Labute approximate surface area is 100 Å². The van der Waals surface area contributed by atoms with Gasteiger partial charge in [-0.15, -0.1) is 0 Å². The zero-order valence-electron chi connectivity index (χ0n) is 11.1. The maximum atomic E-state index is 5.88. The van der Waals surface area contributed by atoms with E-state index in [-0.39, 0.29) is 0 Å². The molecule has 0 spiro atoms. The van der Waals surface area contributed by atoms with Gasteiger partial charge in [0, 0.05) is 13.1 Å². The van der Waals surface area contributed by atoms with E-state index in [0.29, 0.717) is 11.5 Å². The molecule has 2 nitrogen and oxygen atoms in total. The molecular weight excluding hydrogens is 198 g/mol. The lowest BCUT2D eigenvalue weighted by Gasteiger charge is -2.40. The predicted molar refractivity (Wildman–Crippen MR) is 67.5 cm³/mol. The summed E-state index contributed by atoms with van der Waals surface area (Å²) < 4.78 is 5.88. The quantitative estimate of drug-likeness (QED) is 0.741. The predicted octanol–water partition coefficient (Wildman–Crippen LogP) is 2.83. The lowest BCUT2D eigenvalue weighted by Crippen LogP contribution is -2.44. The Morgan fingerprint density at radius 3 is 2.25 bits per heavy atom. The Kier molecular flexibility index (Phi) is 3.91. The fourth-order valence-corrected chi connectivity index (χ4v) is 3.25. The van der Waals surface area contributed by atoms with Gasteiger partial charge in [-0.3, -0.25) is 0 Å². The second-order valence-corrected chi connectivity index (χ2v) is 6.59. The van der Waals surface area contributed by atoms with Crippen LogP contribution in [0.4, 0.5) is 0 Å². The highest BCUT2D eigenvalue weighted by Crippen LogP contribution is 2.41. The van der Waals surface area contributed by atoms with Crippen LogP contribution in [-0.2, 0) is 4.74 Å². The Bertz CT molecular complexity index is 207. The summed E-state index contributed by atoms with van der Waals surface area (Å²) in [5, 5.41) is 3.45. The molecule has 0 radical (unpaired) electrons. The van der Waals surface area contributed by atoms with Gasteiger partial charge in [-0.05, 0) is 42.9 Å². The molecule has 1 saturated heterocycles. The van der Waals surface area contributed by atoms with Crippen molar-refractivity contribution >= 4 is 0 Å². The Morgan fingerprint density at radius 2 is 1.75 bits per heavy atom. The van der Waals surface area contributed by atoms with Crippen molar-refractivity contribution in [2.45, 2.75) is 52.6 Å². The summed E-state index contributed by atoms with van der Waals surface area (Å²) >= 11 is 0. The van der Waals surface area contributed by atoms with E-state index in [9.17, 15) is 0 Å². The van der Waals surface area contributed by atoms with Crippen molar-refractivity contribution in [1.82, 2.24) is 5.32 Å². The molecule has 1 aliphatic heterocycles. The van der Waals surface area contributed by atoms with Gasteiger partial charge in [0.1, 0.15) is 0 Å². The smallest absolute Gasteiger partial charge is 0.0728 e. The maximum absolute atomic E-state index is 5.88. The van der Waals surface area contributed by atoms with Crippen molar-refractivity contribution in [3.8, 4) is 0 Å². The first kappa shape index (κ1) is 12.4. The molecule has 0 amide bonds. The summed E-state index contributed by atoms with van der Waals surface area (Å²) in [5.74, 6) is 1.73. The second kappa shape index (κ2) is 5.05. The van der Waals surface area contributed by atoms with Gasteiger partial charge in [-0.1, -0.05) is 20.8 Å². The van der Waals surface area contributed by atoms with Crippen molar-refractivity contribution in [2.75, 3.05) is 19.7 Å². The van der Waals surface area contributed by atoms with Crippen LogP contribution in [0.3, 0.4) is 0 Å². The van der Waals surface area contributed by atoms with E-state index < -0.39 is 0 Å². The van der Waals surface area contributed by atoms with Crippen molar-refractivity contribution in [1.29, 1.82) is 0 Å². The summed E-state index contributed by atoms with van der Waals surface area (Å²) in [5.41, 5.74) is 0.497. The molecule has 0 bridgehead atoms. The van der Waals surface area contributed by atoms with Gasteiger partial charge < -0.3 is 10.1 Å². The average molecular weight is 225 g/mol. The van der Waals surface area contributed by atoms with Gasteiger partial charge >= 0.3 is 0 Å².